The zero-order valence-corrected chi connectivity index (χ0v) is 85.0. The van der Waals surface area contributed by atoms with E-state index in [-0.39, 0.29) is 41.0 Å². The van der Waals surface area contributed by atoms with E-state index in [4.69, 9.17) is 61.4 Å². The van der Waals surface area contributed by atoms with Crippen molar-refractivity contribution in [2.24, 2.45) is 0 Å². The molecule has 47 heteroatoms. The molecule has 0 saturated carbocycles. The number of fused-ring (bicyclic) bond motifs is 6. The van der Waals surface area contributed by atoms with E-state index < -0.39 is 126 Å². The van der Waals surface area contributed by atoms with Crippen LogP contribution in [0.1, 0.15) is 81.8 Å². The predicted octanol–water partition coefficient (Wildman–Crippen LogP) is 26.8. The summed E-state index contributed by atoms with van der Waals surface area (Å²) in [5.74, 6) is 0. The Kier molecular flexibility index (Phi) is 29.3. The summed E-state index contributed by atoms with van der Waals surface area (Å²) >= 11 is 35.7. The Morgan fingerprint density at radius 2 is 0.574 bits per heavy atom. The molecule has 0 aliphatic carbocycles. The molecule has 0 saturated heterocycles. The van der Waals surface area contributed by atoms with Gasteiger partial charge in [0, 0.05) is 87.0 Å². The summed E-state index contributed by atoms with van der Waals surface area (Å²) < 4.78 is 213. The first kappa shape index (κ1) is 105. The van der Waals surface area contributed by atoms with E-state index in [1.807, 2.05) is 157 Å². The highest BCUT2D eigenvalue weighted by atomic mass is 79.9. The van der Waals surface area contributed by atoms with Crippen LogP contribution in [-0.2, 0) is 106 Å². The lowest BCUT2D eigenvalue weighted by Crippen LogP contribution is -2.40. The van der Waals surface area contributed by atoms with Gasteiger partial charge in [-0.3, -0.25) is 22.8 Å². The van der Waals surface area contributed by atoms with Gasteiger partial charge in [0.2, 0.25) is 0 Å². The van der Waals surface area contributed by atoms with E-state index in [1.165, 1.54) is 71.2 Å². The molecule has 6 heterocycles. The van der Waals surface area contributed by atoms with Crippen molar-refractivity contribution in [3.05, 3.63) is 390 Å². The summed E-state index contributed by atoms with van der Waals surface area (Å²) in [4.78, 5) is 108. The smallest absolute Gasteiger partial charge is 0.334 e. The maximum atomic E-state index is 14.8. The zero-order valence-electron chi connectivity index (χ0n) is 71.9. The minimum absolute atomic E-state index is 0.0733. The SMILES string of the molecule is Cc1ccc(CC(Cc2ccc(C(F)(F)P(=O)(O)O)c(Cl)c2)(c2nc3ccccc3s2)n2ccc3ccccc32)cc1Cl.O=P(O)(O)C(F)(F)c1ccc(CC(Cc2ccc(C(F)(F)P(=O)(O)O)c(Br)c2)(c2nc3ccccc3s2)n2ccc3ccccc32)cc1Br.O=P(O)(O)C(F)(F)c1ccc(CC(Cc2ccc(C(F)(F)P(=O)(O)O)c(Cl)c2)(c2nc3ccccc3s2)n2nnc3ccccc32)cc1Cl. The maximum absolute atomic E-state index is 14.8. The lowest BCUT2D eigenvalue weighted by Gasteiger charge is -2.36. The molecule has 141 heavy (non-hydrogen) atoms. The molecule has 0 amide bonds. The van der Waals surface area contributed by atoms with Crippen LogP contribution in [-0.4, -0.2) is 88.0 Å². The van der Waals surface area contributed by atoms with Gasteiger partial charge in [-0.25, -0.2) is 19.6 Å². The van der Waals surface area contributed by atoms with Gasteiger partial charge in [0.1, 0.15) is 37.2 Å². The summed E-state index contributed by atoms with van der Waals surface area (Å²) in [5.41, 5.74) is -22.1. The Hall–Kier alpha value is -9.04. The zero-order chi connectivity index (χ0) is 102. The number of halogens is 16. The predicted molar refractivity (Wildman–Crippen MR) is 532 cm³/mol. The fraction of sp³-hybridized carbons (Fsp3) is 0.160. The second kappa shape index (κ2) is 39.4. The molecule has 6 aromatic heterocycles. The molecule has 18 rings (SSSR count). The van der Waals surface area contributed by atoms with Crippen molar-refractivity contribution in [2.45, 2.75) is 90.4 Å². The molecule has 18 aromatic rings. The quantitative estimate of drug-likeness (QED) is 0.0161. The minimum Gasteiger partial charge on any atom is -0.334 e. The second-order valence-corrected chi connectivity index (χ2v) is 47.9. The molecule has 0 spiro atoms. The lowest BCUT2D eigenvalue weighted by molar-refractivity contribution is 0.0557. The highest BCUT2D eigenvalue weighted by Gasteiger charge is 2.57. The van der Waals surface area contributed by atoms with E-state index in [0.29, 0.717) is 71.3 Å². The Bertz CT molecular complexity index is 7590. The molecular formula is C94H71Br2Cl4F10N8O15P5S3. The number of alkyl halides is 10. The number of rotatable bonds is 28. The maximum Gasteiger partial charge on any atom is 0.399 e. The Morgan fingerprint density at radius 3 is 0.887 bits per heavy atom. The highest BCUT2D eigenvalue weighted by molar-refractivity contribution is 9.10. The number of benzene rings is 12. The number of nitrogens with zero attached hydrogens (tertiary/aromatic N) is 8. The monoisotopic (exact) mass is 2290 g/mol. The molecule has 12 aromatic carbocycles. The number of hydrogen-bond acceptors (Lipinski definition) is 13. The van der Waals surface area contributed by atoms with Crippen LogP contribution in [0.2, 0.25) is 20.1 Å². The van der Waals surface area contributed by atoms with Crippen molar-refractivity contribution in [3.8, 4) is 0 Å². The number of thiazole rings is 3. The van der Waals surface area contributed by atoms with E-state index in [0.717, 1.165) is 100 Å². The molecule has 1 atom stereocenters. The number of aryl methyl sites for hydroxylation is 1. The number of aromatic nitrogens is 8. The normalized spacial score (nSPS) is 13.6. The molecule has 0 bridgehead atoms. The first-order valence-corrected chi connectivity index (χ1v) is 55.1. The molecule has 0 fully saturated rings. The Morgan fingerprint density at radius 1 is 0.312 bits per heavy atom. The van der Waals surface area contributed by atoms with Gasteiger partial charge >= 0.3 is 66.3 Å². The molecule has 10 N–H and O–H groups in total. The average Bonchev–Trinajstić information content (AvgIpc) is 1.62. The van der Waals surface area contributed by atoms with Crippen molar-refractivity contribution >= 4 is 214 Å². The average molecular weight is 2300 g/mol. The van der Waals surface area contributed by atoms with Crippen LogP contribution in [0, 0.1) is 6.92 Å². The fourth-order valence-electron chi connectivity index (χ4n) is 16.9. The third-order valence-electron chi connectivity index (χ3n) is 23.8. The largest absolute Gasteiger partial charge is 0.399 e. The van der Waals surface area contributed by atoms with E-state index >= 15 is 0 Å². The van der Waals surface area contributed by atoms with Gasteiger partial charge in [0.15, 0.2) is 0 Å². The van der Waals surface area contributed by atoms with Gasteiger partial charge < -0.3 is 58.1 Å². The van der Waals surface area contributed by atoms with Crippen LogP contribution >= 0.6 is 150 Å². The summed E-state index contributed by atoms with van der Waals surface area (Å²) in [5, 5.41) is 11.4. The van der Waals surface area contributed by atoms with Crippen molar-refractivity contribution in [2.75, 3.05) is 0 Å². The van der Waals surface area contributed by atoms with E-state index in [9.17, 15) is 116 Å². The Balaban J connectivity index is 0.000000153. The number of hydrogen-bond donors (Lipinski definition) is 10. The standard InChI is InChI=1S/C32H24Br2F4N2O6P2S.C32H25Cl2F2N2O3PS.C30H22Cl2F4N4O6P2S/c33-24-15-19(9-11-22(24)31(35,36)47(41,42)43)17-30(29-39-26-6-2-4-8-28(26)49-29,40-14-13-21-5-1-3-7-27(21)40)18-20-10-12-23(25(34)16-20)32(37,38)48(44,45)46;1-20-10-11-21(16-25(20)33)18-31(30-37-27-7-3-5-9-29(27)43-30,38-15-14-23-6-2-4-8-28(23)38)19-22-12-13-24(26(34)17-22)32(35,36)42(39,40)41;31-21-13-17(9-11-19(21)29(33,34)47(41,42)43)15-28(27-37-24-6-2-4-8-26(24)49-27,40-25-7-3-1-5-23(25)38-39-40)16-18-10-12-20(22(32)14-18)30(35,36)48(44,45)46/h1-16H,17-18H2,(H2,41,42,43)(H2,44,45,46);2-17H,18-19H2,1H3,(H2,39,40,41);1-14H,15-16H2,(H2,41,42,43)(H2,44,45,46). The molecule has 23 nitrogen and oxygen atoms in total. The molecular weight excluding hydrogens is 2220 g/mol. The lowest BCUT2D eigenvalue weighted by atomic mass is 9.84. The van der Waals surface area contributed by atoms with Gasteiger partial charge in [-0.2, -0.15) is 43.9 Å². The third kappa shape index (κ3) is 20.4. The fourth-order valence-corrected chi connectivity index (χ4v) is 25.9. The van der Waals surface area contributed by atoms with Crippen molar-refractivity contribution in [3.63, 3.8) is 0 Å². The van der Waals surface area contributed by atoms with Crippen molar-refractivity contribution in [1.29, 1.82) is 0 Å². The van der Waals surface area contributed by atoms with Gasteiger partial charge in [-0.15, -0.1) is 39.1 Å². The van der Waals surface area contributed by atoms with E-state index in [1.54, 1.807) is 58.5 Å². The summed E-state index contributed by atoms with van der Waals surface area (Å²) in [6, 6.07) is 72.0. The van der Waals surface area contributed by atoms with Crippen LogP contribution in [0.3, 0.4) is 0 Å². The van der Waals surface area contributed by atoms with Crippen molar-refractivity contribution < 1.29 is 116 Å². The van der Waals surface area contributed by atoms with Crippen LogP contribution in [0.4, 0.5) is 43.9 Å². The van der Waals surface area contributed by atoms with Crippen molar-refractivity contribution in [1.82, 2.24) is 39.1 Å². The first-order chi connectivity index (χ1) is 66.1. The van der Waals surface area contributed by atoms with Gasteiger partial charge in [-0.1, -0.05) is 241 Å². The van der Waals surface area contributed by atoms with Crippen LogP contribution in [0.15, 0.2) is 288 Å². The van der Waals surface area contributed by atoms with Crippen LogP contribution in [0.5, 0.6) is 0 Å². The van der Waals surface area contributed by atoms with Crippen LogP contribution < -0.4 is 0 Å². The Labute approximate surface area is 842 Å². The van der Waals surface area contributed by atoms with E-state index in [2.05, 4.69) is 46.7 Å². The van der Waals surface area contributed by atoms with Crippen LogP contribution in [0.25, 0.3) is 63.5 Å². The second-order valence-electron chi connectivity index (χ2n) is 33.2. The summed E-state index contributed by atoms with van der Waals surface area (Å²) in [6.45, 7) is 1.93. The first-order valence-electron chi connectivity index (χ1n) is 41.5. The highest BCUT2D eigenvalue weighted by Crippen LogP contribution is 2.66. The summed E-state index contributed by atoms with van der Waals surface area (Å²) in [6.07, 6.45) is 4.49. The number of para-hydroxylation sites is 6. The molecule has 0 aliphatic heterocycles. The van der Waals surface area contributed by atoms with Gasteiger partial charge in [0.05, 0.1) is 67.9 Å². The summed E-state index contributed by atoms with van der Waals surface area (Å²) in [7, 11) is -29.4. The molecule has 1 unspecified atom stereocenters. The topological polar surface area (TPSA) is 367 Å². The third-order valence-corrected chi connectivity index (χ3v) is 35.0. The van der Waals surface area contributed by atoms with Gasteiger partial charge in [-0.05, 0) is 166 Å². The van der Waals surface area contributed by atoms with Gasteiger partial charge in [0.25, 0.3) is 0 Å². The minimum atomic E-state index is -5.95. The molecule has 732 valence electrons. The molecule has 0 radical (unpaired) electrons. The molecule has 0 aliphatic rings.